The Morgan fingerprint density at radius 1 is 1.20 bits per heavy atom. The standard InChI is InChI=1S/C30H33FN4O4S/c1-16(2)25(34-13-21-7-5-6-8-22(21)29(34)38)30(39)35-14-23(36)24(31)26(35)28(37)32-12-20-10-9-19(11-17(20)3)27-18(4)33-15-40-27/h5-11,15-16,23-26,36H,12-14H2,1-4H3,(H,32,37)/t23-,24-,25-,26?/m0/s1. The lowest BCUT2D eigenvalue weighted by atomic mass is 10.00. The molecule has 0 radical (unpaired) electrons. The number of aromatic nitrogens is 1. The Balaban J connectivity index is 1.32. The van der Waals surface area contributed by atoms with E-state index in [-0.39, 0.29) is 31.5 Å². The number of nitrogens with one attached hydrogen (secondary N) is 1. The van der Waals surface area contributed by atoms with Crippen LogP contribution in [0.25, 0.3) is 10.4 Å². The number of carbonyl (C=O) groups excluding carboxylic acids is 3. The summed E-state index contributed by atoms with van der Waals surface area (Å²) in [5.74, 6) is -1.80. The minimum Gasteiger partial charge on any atom is -0.388 e. The molecule has 4 atom stereocenters. The lowest BCUT2D eigenvalue weighted by Crippen LogP contribution is -2.56. The summed E-state index contributed by atoms with van der Waals surface area (Å²) in [7, 11) is 0. The first-order valence-electron chi connectivity index (χ1n) is 13.4. The Bertz CT molecular complexity index is 1460. The van der Waals surface area contributed by atoms with Gasteiger partial charge in [-0.05, 0) is 48.1 Å². The lowest BCUT2D eigenvalue weighted by Gasteiger charge is -2.35. The number of nitrogens with zero attached hydrogens (tertiary/aromatic N) is 3. The summed E-state index contributed by atoms with van der Waals surface area (Å²) < 4.78 is 15.2. The van der Waals surface area contributed by atoms with Crippen LogP contribution >= 0.6 is 11.3 Å². The van der Waals surface area contributed by atoms with Crippen molar-refractivity contribution in [2.75, 3.05) is 6.54 Å². The summed E-state index contributed by atoms with van der Waals surface area (Å²) in [6.45, 7) is 7.59. The lowest BCUT2D eigenvalue weighted by molar-refractivity contribution is -0.144. The van der Waals surface area contributed by atoms with Crippen molar-refractivity contribution in [1.29, 1.82) is 0 Å². The number of aliphatic hydroxyl groups is 1. The molecular weight excluding hydrogens is 531 g/mol. The number of fused-ring (bicyclic) bond motifs is 1. The van der Waals surface area contributed by atoms with E-state index in [9.17, 15) is 19.5 Å². The van der Waals surface area contributed by atoms with Gasteiger partial charge in [0.25, 0.3) is 5.91 Å². The van der Waals surface area contributed by atoms with Crippen LogP contribution in [0.5, 0.6) is 0 Å². The number of carbonyl (C=O) groups is 3. The Hall–Kier alpha value is -3.63. The first kappa shape index (κ1) is 27.9. The zero-order chi connectivity index (χ0) is 28.7. The van der Waals surface area contributed by atoms with Crippen molar-refractivity contribution in [3.05, 3.63) is 75.9 Å². The third-order valence-electron chi connectivity index (χ3n) is 7.81. The van der Waals surface area contributed by atoms with Gasteiger partial charge in [0.2, 0.25) is 11.8 Å². The number of alkyl halides is 1. The van der Waals surface area contributed by atoms with Crippen LogP contribution in [0.15, 0.2) is 48.0 Å². The summed E-state index contributed by atoms with van der Waals surface area (Å²) in [6.07, 6.45) is -3.44. The van der Waals surface area contributed by atoms with E-state index in [0.717, 1.165) is 37.7 Å². The Morgan fingerprint density at radius 3 is 2.60 bits per heavy atom. The topological polar surface area (TPSA) is 103 Å². The molecule has 2 aromatic carbocycles. The van der Waals surface area contributed by atoms with Crippen LogP contribution in [0, 0.1) is 19.8 Å². The number of halogens is 1. The smallest absolute Gasteiger partial charge is 0.255 e. The molecule has 1 fully saturated rings. The average molecular weight is 565 g/mol. The summed E-state index contributed by atoms with van der Waals surface area (Å²) in [4.78, 5) is 48.3. The van der Waals surface area contributed by atoms with Gasteiger partial charge >= 0.3 is 0 Å². The fraction of sp³-hybridized carbons (Fsp3) is 0.400. The highest BCUT2D eigenvalue weighted by Crippen LogP contribution is 2.32. The molecule has 3 heterocycles. The highest BCUT2D eigenvalue weighted by molar-refractivity contribution is 7.13. The Morgan fingerprint density at radius 2 is 1.95 bits per heavy atom. The van der Waals surface area contributed by atoms with Gasteiger partial charge in [0, 0.05) is 18.7 Å². The van der Waals surface area contributed by atoms with E-state index in [1.165, 1.54) is 4.90 Å². The first-order chi connectivity index (χ1) is 19.1. The van der Waals surface area contributed by atoms with Crippen molar-refractivity contribution in [3.8, 4) is 10.4 Å². The highest BCUT2D eigenvalue weighted by Gasteiger charge is 2.51. The molecule has 0 saturated carbocycles. The number of amides is 3. The normalized spacial score (nSPS) is 21.2. The highest BCUT2D eigenvalue weighted by atomic mass is 32.1. The SMILES string of the molecule is Cc1cc(-c2scnc2C)ccc1CNC(=O)C1[C@@H](F)[C@@H](O)CN1C(=O)[C@H](C(C)C)N1Cc2ccccc2C1=O. The number of thiazole rings is 1. The molecule has 1 unspecified atom stereocenters. The van der Waals surface area contributed by atoms with E-state index in [1.54, 1.807) is 29.0 Å². The van der Waals surface area contributed by atoms with Crippen LogP contribution in [0.3, 0.4) is 0 Å². The number of aliphatic hydroxyl groups excluding tert-OH is 1. The van der Waals surface area contributed by atoms with E-state index >= 15 is 4.39 Å². The van der Waals surface area contributed by atoms with Crippen molar-refractivity contribution >= 4 is 29.1 Å². The molecule has 0 bridgehead atoms. The molecule has 10 heteroatoms. The maximum Gasteiger partial charge on any atom is 0.255 e. The first-order valence-corrected chi connectivity index (χ1v) is 14.3. The largest absolute Gasteiger partial charge is 0.388 e. The molecule has 0 spiro atoms. The quantitative estimate of drug-likeness (QED) is 0.456. The van der Waals surface area contributed by atoms with Gasteiger partial charge in [0.05, 0.1) is 22.6 Å². The summed E-state index contributed by atoms with van der Waals surface area (Å²) in [5, 5.41) is 13.1. The number of aryl methyl sites for hydroxylation is 2. The van der Waals surface area contributed by atoms with E-state index in [4.69, 9.17) is 0 Å². The van der Waals surface area contributed by atoms with E-state index in [0.29, 0.717) is 5.56 Å². The molecule has 2 aliphatic heterocycles. The van der Waals surface area contributed by atoms with Crippen molar-refractivity contribution in [2.24, 2.45) is 5.92 Å². The molecule has 5 rings (SSSR count). The van der Waals surface area contributed by atoms with E-state index < -0.39 is 36.2 Å². The van der Waals surface area contributed by atoms with E-state index in [1.807, 2.05) is 58.0 Å². The van der Waals surface area contributed by atoms with Gasteiger partial charge in [0.1, 0.15) is 18.2 Å². The van der Waals surface area contributed by atoms with Gasteiger partial charge in [-0.3, -0.25) is 14.4 Å². The van der Waals surface area contributed by atoms with Gasteiger partial charge in [-0.25, -0.2) is 9.37 Å². The van der Waals surface area contributed by atoms with Crippen LogP contribution in [0.2, 0.25) is 0 Å². The van der Waals surface area contributed by atoms with Gasteiger partial charge in [-0.2, -0.15) is 0 Å². The predicted octanol–water partition coefficient (Wildman–Crippen LogP) is 3.63. The van der Waals surface area contributed by atoms with Gasteiger partial charge in [-0.15, -0.1) is 11.3 Å². The fourth-order valence-corrected chi connectivity index (χ4v) is 6.46. The molecule has 3 aromatic rings. The summed E-state index contributed by atoms with van der Waals surface area (Å²) in [5.41, 5.74) is 6.94. The second-order valence-corrected chi connectivity index (χ2v) is 11.7. The Kier molecular flexibility index (Phi) is 7.74. The maximum atomic E-state index is 15.2. The monoisotopic (exact) mass is 564 g/mol. The predicted molar refractivity (Wildman–Crippen MR) is 150 cm³/mol. The van der Waals surface area contributed by atoms with Crippen molar-refractivity contribution < 1.29 is 23.9 Å². The second-order valence-electron chi connectivity index (χ2n) is 10.9. The zero-order valence-electron chi connectivity index (χ0n) is 22.9. The number of likely N-dealkylation sites (tertiary alicyclic amines) is 1. The molecule has 1 aromatic heterocycles. The number of rotatable bonds is 7. The van der Waals surface area contributed by atoms with E-state index in [2.05, 4.69) is 10.3 Å². The molecule has 3 amide bonds. The number of hydrogen-bond acceptors (Lipinski definition) is 6. The molecule has 2 N–H and O–H groups in total. The van der Waals surface area contributed by atoms with Gasteiger partial charge in [0.15, 0.2) is 6.17 Å². The fourth-order valence-electron chi connectivity index (χ4n) is 5.66. The maximum absolute atomic E-state index is 15.2. The Labute approximate surface area is 236 Å². The average Bonchev–Trinajstić information content (AvgIpc) is 3.58. The van der Waals surface area contributed by atoms with Crippen LogP contribution in [-0.2, 0) is 22.7 Å². The summed E-state index contributed by atoms with van der Waals surface area (Å²) in [6, 6.07) is 10.7. The molecule has 40 heavy (non-hydrogen) atoms. The zero-order valence-corrected chi connectivity index (χ0v) is 23.7. The second kappa shape index (κ2) is 11.1. The number of benzene rings is 2. The summed E-state index contributed by atoms with van der Waals surface area (Å²) >= 11 is 1.56. The molecule has 210 valence electrons. The van der Waals surface area contributed by atoms with Crippen molar-refractivity contribution in [1.82, 2.24) is 20.1 Å². The molecule has 8 nitrogen and oxygen atoms in total. The van der Waals surface area contributed by atoms with Crippen LogP contribution in [0.4, 0.5) is 4.39 Å². The molecule has 1 saturated heterocycles. The number of β-amino-alcohol motifs (C(OH)–C–C–N with tert-alkyl or cyclic N) is 1. The van der Waals surface area contributed by atoms with Crippen LogP contribution in [0.1, 0.15) is 46.6 Å². The van der Waals surface area contributed by atoms with Crippen LogP contribution in [-0.4, -0.2) is 68.5 Å². The minimum absolute atomic E-state index is 0.140. The minimum atomic E-state index is -1.94. The molecule has 0 aliphatic carbocycles. The van der Waals surface area contributed by atoms with Crippen molar-refractivity contribution in [2.45, 2.75) is 65.1 Å². The third kappa shape index (κ3) is 5.01. The van der Waals surface area contributed by atoms with Gasteiger partial charge < -0.3 is 20.2 Å². The number of hydrogen-bond donors (Lipinski definition) is 2. The van der Waals surface area contributed by atoms with Gasteiger partial charge in [-0.1, -0.05) is 50.2 Å². The third-order valence-corrected chi connectivity index (χ3v) is 8.79. The molecule has 2 aliphatic rings. The van der Waals surface area contributed by atoms with Crippen LogP contribution < -0.4 is 5.32 Å². The molecular formula is C30H33FN4O4S. The van der Waals surface area contributed by atoms with Crippen molar-refractivity contribution in [3.63, 3.8) is 0 Å².